The van der Waals surface area contributed by atoms with E-state index in [1.54, 1.807) is 0 Å². The van der Waals surface area contributed by atoms with Gasteiger partial charge in [0.05, 0.1) is 0 Å². The molecule has 178 valence electrons. The van der Waals surface area contributed by atoms with Crippen molar-refractivity contribution in [2.24, 2.45) is 5.73 Å². The first-order valence-electron chi connectivity index (χ1n) is 11.5. The Balaban J connectivity index is 1.85. The van der Waals surface area contributed by atoms with Crippen molar-refractivity contribution in [1.29, 1.82) is 0 Å². The maximum Gasteiger partial charge on any atom is 0.242 e. The fourth-order valence-electron chi connectivity index (χ4n) is 4.06. The van der Waals surface area contributed by atoms with Crippen LogP contribution < -0.4 is 21.7 Å². The van der Waals surface area contributed by atoms with Gasteiger partial charge in [0.25, 0.3) is 0 Å². The number of rotatable bonds is 14. The summed E-state index contributed by atoms with van der Waals surface area (Å²) in [6.45, 7) is 0.575. The lowest BCUT2D eigenvalue weighted by atomic mass is 9.92. The number of carbonyl (C=O) groups is 3. The normalized spacial score (nSPS) is 26.4. The molecule has 5 atom stereocenters. The molecule has 7 nitrogen and oxygen atoms in total. The molecule has 1 aliphatic heterocycles. The SMILES string of the molecule is NC1CC(NC(=O)[C@H](CCCCNC=O)NC(=O)CCCCCS)CCC2SSC2C1. The predicted molar refractivity (Wildman–Crippen MR) is 133 cm³/mol. The number of hydrogen-bond donors (Lipinski definition) is 5. The Hall–Kier alpha value is -0.580. The Morgan fingerprint density at radius 2 is 1.87 bits per heavy atom. The van der Waals surface area contributed by atoms with Crippen LogP contribution in [-0.2, 0) is 14.4 Å². The van der Waals surface area contributed by atoms with Crippen LogP contribution in [0.15, 0.2) is 0 Å². The molecule has 0 radical (unpaired) electrons. The lowest BCUT2D eigenvalue weighted by Crippen LogP contribution is -2.52. The van der Waals surface area contributed by atoms with Crippen LogP contribution in [0.3, 0.4) is 0 Å². The van der Waals surface area contributed by atoms with Gasteiger partial charge in [-0.2, -0.15) is 12.6 Å². The van der Waals surface area contributed by atoms with Crippen molar-refractivity contribution < 1.29 is 14.4 Å². The number of amides is 3. The third kappa shape index (κ3) is 10.3. The molecule has 10 heteroatoms. The van der Waals surface area contributed by atoms with E-state index < -0.39 is 6.04 Å². The number of nitrogens with one attached hydrogen (secondary N) is 3. The highest BCUT2D eigenvalue weighted by Gasteiger charge is 2.37. The molecule has 5 N–H and O–H groups in total. The average molecular weight is 491 g/mol. The molecule has 3 amide bonds. The molecule has 31 heavy (non-hydrogen) atoms. The summed E-state index contributed by atoms with van der Waals surface area (Å²) in [5.74, 6) is 0.631. The monoisotopic (exact) mass is 490 g/mol. The summed E-state index contributed by atoms with van der Waals surface area (Å²) >= 11 is 4.20. The van der Waals surface area contributed by atoms with E-state index >= 15 is 0 Å². The standard InChI is InChI=1S/C21H38N4O3S3/c22-15-12-16(8-9-18-19(13-15)31-30-18)24-21(28)17(6-3-4-10-23-14-26)25-20(27)7-2-1-5-11-29/h14-19,29H,1-13,22H2,(H,23,26)(H,24,28)(H,25,27)/t15?,16?,17-,18?,19?/m0/s1. The van der Waals surface area contributed by atoms with Crippen LogP contribution in [0.1, 0.15) is 70.6 Å². The molecule has 2 aliphatic rings. The van der Waals surface area contributed by atoms with Gasteiger partial charge in [-0.3, -0.25) is 14.4 Å². The molecule has 1 heterocycles. The van der Waals surface area contributed by atoms with Crippen LogP contribution in [0.25, 0.3) is 0 Å². The predicted octanol–water partition coefficient (Wildman–Crippen LogP) is 2.40. The minimum Gasteiger partial charge on any atom is -0.359 e. The Kier molecular flexibility index (Phi) is 13.2. The van der Waals surface area contributed by atoms with E-state index in [0.717, 1.165) is 63.5 Å². The van der Waals surface area contributed by atoms with E-state index in [4.69, 9.17) is 5.73 Å². The highest BCUT2D eigenvalue weighted by molar-refractivity contribution is 8.80. The van der Waals surface area contributed by atoms with E-state index in [1.807, 2.05) is 21.6 Å². The van der Waals surface area contributed by atoms with Crippen molar-refractivity contribution in [3.05, 3.63) is 0 Å². The van der Waals surface area contributed by atoms with E-state index in [2.05, 4.69) is 28.6 Å². The summed E-state index contributed by atoms with van der Waals surface area (Å²) in [4.78, 5) is 35.8. The van der Waals surface area contributed by atoms with E-state index in [-0.39, 0.29) is 23.9 Å². The van der Waals surface area contributed by atoms with Gasteiger partial charge in [-0.05, 0) is 63.5 Å². The number of hydrogen-bond acceptors (Lipinski definition) is 7. The number of thiol groups is 1. The summed E-state index contributed by atoms with van der Waals surface area (Å²) in [7, 11) is 3.87. The largest absolute Gasteiger partial charge is 0.359 e. The zero-order valence-corrected chi connectivity index (χ0v) is 20.7. The summed E-state index contributed by atoms with van der Waals surface area (Å²) in [5.41, 5.74) is 6.34. The van der Waals surface area contributed by atoms with Crippen LogP contribution in [0.4, 0.5) is 0 Å². The van der Waals surface area contributed by atoms with Crippen LogP contribution in [0, 0.1) is 0 Å². The van der Waals surface area contributed by atoms with Crippen LogP contribution in [0.2, 0.25) is 0 Å². The van der Waals surface area contributed by atoms with Crippen molar-refractivity contribution in [3.63, 3.8) is 0 Å². The smallest absolute Gasteiger partial charge is 0.242 e. The fourth-order valence-corrected chi connectivity index (χ4v) is 7.31. The Morgan fingerprint density at radius 3 is 2.58 bits per heavy atom. The Morgan fingerprint density at radius 1 is 1.06 bits per heavy atom. The van der Waals surface area contributed by atoms with E-state index in [1.165, 1.54) is 0 Å². The maximum absolute atomic E-state index is 13.0. The van der Waals surface area contributed by atoms with Gasteiger partial charge in [0, 0.05) is 35.5 Å². The molecule has 1 saturated heterocycles. The number of unbranched alkanes of at least 4 members (excludes halogenated alkanes) is 3. The number of nitrogens with two attached hydrogens (primary N) is 1. The lowest BCUT2D eigenvalue weighted by molar-refractivity contribution is -0.129. The number of fused-ring (bicyclic) bond motifs is 1. The molecular formula is C21H38N4O3S3. The highest BCUT2D eigenvalue weighted by atomic mass is 33.1. The van der Waals surface area contributed by atoms with Crippen LogP contribution >= 0.6 is 34.2 Å². The van der Waals surface area contributed by atoms with Gasteiger partial charge in [-0.15, -0.1) is 0 Å². The second-order valence-electron chi connectivity index (χ2n) is 8.51. The van der Waals surface area contributed by atoms with Gasteiger partial charge >= 0.3 is 0 Å². The molecule has 1 aliphatic carbocycles. The van der Waals surface area contributed by atoms with Crippen molar-refractivity contribution in [2.45, 2.75) is 99.3 Å². The van der Waals surface area contributed by atoms with Crippen LogP contribution in [0.5, 0.6) is 0 Å². The zero-order valence-electron chi connectivity index (χ0n) is 18.2. The molecule has 0 aromatic carbocycles. The second kappa shape index (κ2) is 15.3. The van der Waals surface area contributed by atoms with E-state index in [9.17, 15) is 14.4 Å². The minimum absolute atomic E-state index is 0.0566. The Labute approximate surface area is 199 Å². The third-order valence-electron chi connectivity index (χ3n) is 5.85. The third-order valence-corrected chi connectivity index (χ3v) is 9.84. The first kappa shape index (κ1) is 26.7. The van der Waals surface area contributed by atoms with Gasteiger partial charge in [0.1, 0.15) is 6.04 Å². The van der Waals surface area contributed by atoms with Crippen molar-refractivity contribution in [2.75, 3.05) is 12.3 Å². The van der Waals surface area contributed by atoms with Gasteiger partial charge in [-0.25, -0.2) is 0 Å². The Bertz CT molecular complexity index is 570. The van der Waals surface area contributed by atoms with Crippen molar-refractivity contribution >= 4 is 52.4 Å². The molecule has 2 rings (SSSR count). The second-order valence-corrected chi connectivity index (χ2v) is 11.7. The summed E-state index contributed by atoms with van der Waals surface area (Å²) in [5, 5.41) is 10.1. The molecule has 2 fully saturated rings. The van der Waals surface area contributed by atoms with E-state index in [0.29, 0.717) is 36.3 Å². The molecular weight excluding hydrogens is 452 g/mol. The number of carbonyl (C=O) groups excluding carboxylic acids is 3. The molecule has 0 aromatic rings. The average Bonchev–Trinajstić information content (AvgIpc) is 2.72. The molecule has 0 aromatic heterocycles. The highest BCUT2D eigenvalue weighted by Crippen LogP contribution is 2.52. The summed E-state index contributed by atoms with van der Waals surface area (Å²) in [6.07, 6.45) is 9.76. The molecule has 4 unspecified atom stereocenters. The van der Waals surface area contributed by atoms with Gasteiger partial charge < -0.3 is 21.7 Å². The van der Waals surface area contributed by atoms with Gasteiger partial charge in [-0.1, -0.05) is 28.0 Å². The van der Waals surface area contributed by atoms with Crippen molar-refractivity contribution in [1.82, 2.24) is 16.0 Å². The molecule has 0 spiro atoms. The minimum atomic E-state index is -0.545. The quantitative estimate of drug-likeness (QED) is 0.111. The van der Waals surface area contributed by atoms with Gasteiger partial charge in [0.15, 0.2) is 0 Å². The summed E-state index contributed by atoms with van der Waals surface area (Å²) < 4.78 is 0. The fraction of sp³-hybridized carbons (Fsp3) is 0.857. The first-order chi connectivity index (χ1) is 15.0. The lowest BCUT2D eigenvalue weighted by Gasteiger charge is -2.40. The molecule has 1 saturated carbocycles. The molecule has 0 bridgehead atoms. The first-order valence-corrected chi connectivity index (χ1v) is 14.4. The van der Waals surface area contributed by atoms with Crippen LogP contribution in [-0.4, -0.2) is 59.1 Å². The maximum atomic E-state index is 13.0. The summed E-state index contributed by atoms with van der Waals surface area (Å²) in [6, 6.07) is -0.390. The van der Waals surface area contributed by atoms with Gasteiger partial charge in [0.2, 0.25) is 18.2 Å². The zero-order chi connectivity index (χ0) is 22.5. The van der Waals surface area contributed by atoms with Crippen molar-refractivity contribution in [3.8, 4) is 0 Å². The topological polar surface area (TPSA) is 113 Å².